The van der Waals surface area contributed by atoms with Crippen LogP contribution in [0.3, 0.4) is 0 Å². The molecule has 21 heavy (non-hydrogen) atoms. The predicted molar refractivity (Wildman–Crippen MR) is 89.8 cm³/mol. The second-order valence-corrected chi connectivity index (χ2v) is 6.52. The summed E-state index contributed by atoms with van der Waals surface area (Å²) >= 11 is 0. The summed E-state index contributed by atoms with van der Waals surface area (Å²) < 4.78 is 5.97. The van der Waals surface area contributed by atoms with E-state index in [0.29, 0.717) is 12.1 Å². The first kappa shape index (κ1) is 16.5. The summed E-state index contributed by atoms with van der Waals surface area (Å²) in [6.07, 6.45) is 8.29. The summed E-state index contributed by atoms with van der Waals surface area (Å²) in [4.78, 5) is 0. The zero-order valence-electron chi connectivity index (χ0n) is 14.0. The van der Waals surface area contributed by atoms with Crippen molar-refractivity contribution in [1.29, 1.82) is 0 Å². The van der Waals surface area contributed by atoms with E-state index in [-0.39, 0.29) is 0 Å². The Kier molecular flexibility index (Phi) is 6.72. The second kappa shape index (κ2) is 8.55. The standard InChI is InChI=1S/C19H31NO/c1-15-10-11-19(16(2)14-15)17(3)20-12-7-13-21-18-8-5-4-6-9-18/h10-11,14,17-18,20H,4-9,12-13H2,1-3H3. The Balaban J connectivity index is 1.63. The highest BCUT2D eigenvalue weighted by Crippen LogP contribution is 2.20. The third-order valence-corrected chi connectivity index (χ3v) is 4.57. The van der Waals surface area contributed by atoms with Crippen molar-refractivity contribution in [3.8, 4) is 0 Å². The molecule has 0 heterocycles. The molecule has 1 aromatic carbocycles. The second-order valence-electron chi connectivity index (χ2n) is 6.52. The quantitative estimate of drug-likeness (QED) is 0.735. The molecule has 2 nitrogen and oxygen atoms in total. The summed E-state index contributed by atoms with van der Waals surface area (Å²) in [7, 11) is 0. The van der Waals surface area contributed by atoms with Gasteiger partial charge in [0.2, 0.25) is 0 Å². The average molecular weight is 289 g/mol. The van der Waals surface area contributed by atoms with E-state index in [2.05, 4.69) is 44.3 Å². The molecular weight excluding hydrogens is 258 g/mol. The number of benzene rings is 1. The van der Waals surface area contributed by atoms with Crippen LogP contribution in [0.4, 0.5) is 0 Å². The van der Waals surface area contributed by atoms with Gasteiger partial charge in [0, 0.05) is 12.6 Å². The predicted octanol–water partition coefficient (Wildman–Crippen LogP) is 4.69. The molecule has 1 aliphatic rings. The number of nitrogens with one attached hydrogen (secondary N) is 1. The SMILES string of the molecule is Cc1ccc(C(C)NCCCOC2CCCCC2)c(C)c1. The fraction of sp³-hybridized carbons (Fsp3) is 0.684. The van der Waals surface area contributed by atoms with Crippen LogP contribution in [0.2, 0.25) is 0 Å². The zero-order valence-corrected chi connectivity index (χ0v) is 14.0. The summed E-state index contributed by atoms with van der Waals surface area (Å²) in [5.41, 5.74) is 4.13. The van der Waals surface area contributed by atoms with Crippen LogP contribution in [0.15, 0.2) is 18.2 Å². The smallest absolute Gasteiger partial charge is 0.0575 e. The van der Waals surface area contributed by atoms with Crippen molar-refractivity contribution in [2.75, 3.05) is 13.2 Å². The number of aryl methyl sites for hydroxylation is 2. The molecule has 1 saturated carbocycles. The summed E-state index contributed by atoms with van der Waals surface area (Å²) in [5, 5.41) is 3.62. The minimum absolute atomic E-state index is 0.417. The van der Waals surface area contributed by atoms with Crippen LogP contribution < -0.4 is 5.32 Å². The molecule has 2 heteroatoms. The third-order valence-electron chi connectivity index (χ3n) is 4.57. The van der Waals surface area contributed by atoms with Crippen LogP contribution in [-0.2, 0) is 4.74 Å². The Labute approximate surface area is 130 Å². The maximum absolute atomic E-state index is 5.97. The van der Waals surface area contributed by atoms with Crippen LogP contribution in [0.5, 0.6) is 0 Å². The van der Waals surface area contributed by atoms with E-state index in [4.69, 9.17) is 4.74 Å². The fourth-order valence-corrected chi connectivity index (χ4v) is 3.29. The highest BCUT2D eigenvalue weighted by atomic mass is 16.5. The van der Waals surface area contributed by atoms with E-state index in [0.717, 1.165) is 19.6 Å². The molecule has 1 N–H and O–H groups in total. The molecular formula is C19H31NO. The number of hydrogen-bond donors (Lipinski definition) is 1. The maximum Gasteiger partial charge on any atom is 0.0575 e. The van der Waals surface area contributed by atoms with Crippen molar-refractivity contribution in [1.82, 2.24) is 5.32 Å². The molecule has 1 aromatic rings. The van der Waals surface area contributed by atoms with E-state index in [9.17, 15) is 0 Å². The summed E-state index contributed by atoms with van der Waals surface area (Å²) in [6.45, 7) is 8.53. The molecule has 0 bridgehead atoms. The van der Waals surface area contributed by atoms with Gasteiger partial charge < -0.3 is 10.1 Å². The third kappa shape index (κ3) is 5.44. The van der Waals surface area contributed by atoms with Crippen molar-refractivity contribution in [2.24, 2.45) is 0 Å². The molecule has 1 aliphatic carbocycles. The minimum atomic E-state index is 0.417. The van der Waals surface area contributed by atoms with Gasteiger partial charge in [0.15, 0.2) is 0 Å². The van der Waals surface area contributed by atoms with Crippen molar-refractivity contribution in [2.45, 2.75) is 71.4 Å². The minimum Gasteiger partial charge on any atom is -0.378 e. The molecule has 0 aliphatic heterocycles. The molecule has 2 rings (SSSR count). The van der Waals surface area contributed by atoms with Gasteiger partial charge in [0.1, 0.15) is 0 Å². The monoisotopic (exact) mass is 289 g/mol. The molecule has 0 radical (unpaired) electrons. The zero-order chi connectivity index (χ0) is 15.1. The Morgan fingerprint density at radius 3 is 2.67 bits per heavy atom. The summed E-state index contributed by atoms with van der Waals surface area (Å²) in [6, 6.07) is 7.13. The van der Waals surface area contributed by atoms with Crippen LogP contribution >= 0.6 is 0 Å². The molecule has 1 atom stereocenters. The molecule has 1 fully saturated rings. The lowest BCUT2D eigenvalue weighted by Gasteiger charge is -2.22. The number of ether oxygens (including phenoxy) is 1. The fourth-order valence-electron chi connectivity index (χ4n) is 3.29. The van der Waals surface area contributed by atoms with E-state index in [1.807, 2.05) is 0 Å². The molecule has 0 saturated heterocycles. The summed E-state index contributed by atoms with van der Waals surface area (Å²) in [5.74, 6) is 0. The van der Waals surface area contributed by atoms with Gasteiger partial charge in [0.05, 0.1) is 6.10 Å². The lowest BCUT2D eigenvalue weighted by atomic mass is 9.98. The van der Waals surface area contributed by atoms with Crippen molar-refractivity contribution in [3.05, 3.63) is 34.9 Å². The number of hydrogen-bond acceptors (Lipinski definition) is 2. The van der Waals surface area contributed by atoms with Gasteiger partial charge in [-0.05, 0) is 57.7 Å². The first-order valence-electron chi connectivity index (χ1n) is 8.59. The van der Waals surface area contributed by atoms with Gasteiger partial charge in [-0.3, -0.25) is 0 Å². The van der Waals surface area contributed by atoms with Crippen molar-refractivity contribution in [3.63, 3.8) is 0 Å². The Hall–Kier alpha value is -0.860. The van der Waals surface area contributed by atoms with Crippen LogP contribution in [0.25, 0.3) is 0 Å². The first-order chi connectivity index (χ1) is 10.2. The van der Waals surface area contributed by atoms with Crippen LogP contribution in [0, 0.1) is 13.8 Å². The van der Waals surface area contributed by atoms with Gasteiger partial charge in [-0.2, -0.15) is 0 Å². The van der Waals surface area contributed by atoms with E-state index >= 15 is 0 Å². The normalized spacial score (nSPS) is 17.9. The van der Waals surface area contributed by atoms with Crippen molar-refractivity contribution >= 4 is 0 Å². The number of rotatable bonds is 7. The van der Waals surface area contributed by atoms with Crippen molar-refractivity contribution < 1.29 is 4.74 Å². The Morgan fingerprint density at radius 2 is 1.95 bits per heavy atom. The average Bonchev–Trinajstić information content (AvgIpc) is 2.47. The van der Waals surface area contributed by atoms with Gasteiger partial charge in [-0.1, -0.05) is 43.0 Å². The van der Waals surface area contributed by atoms with Gasteiger partial charge in [-0.25, -0.2) is 0 Å². The van der Waals surface area contributed by atoms with Gasteiger partial charge in [-0.15, -0.1) is 0 Å². The Morgan fingerprint density at radius 1 is 1.19 bits per heavy atom. The van der Waals surface area contributed by atoms with E-state index < -0.39 is 0 Å². The molecule has 118 valence electrons. The molecule has 0 spiro atoms. The highest BCUT2D eigenvalue weighted by molar-refractivity contribution is 5.32. The lowest BCUT2D eigenvalue weighted by Crippen LogP contribution is -2.23. The topological polar surface area (TPSA) is 21.3 Å². The van der Waals surface area contributed by atoms with E-state index in [1.165, 1.54) is 48.8 Å². The van der Waals surface area contributed by atoms with Crippen LogP contribution in [0.1, 0.15) is 68.2 Å². The first-order valence-corrected chi connectivity index (χ1v) is 8.59. The maximum atomic E-state index is 5.97. The highest BCUT2D eigenvalue weighted by Gasteiger charge is 2.13. The Bertz CT molecular complexity index is 424. The van der Waals surface area contributed by atoms with Gasteiger partial charge in [0.25, 0.3) is 0 Å². The lowest BCUT2D eigenvalue weighted by molar-refractivity contribution is 0.0271. The molecule has 0 amide bonds. The molecule has 1 unspecified atom stereocenters. The van der Waals surface area contributed by atoms with E-state index in [1.54, 1.807) is 0 Å². The van der Waals surface area contributed by atoms with Gasteiger partial charge >= 0.3 is 0 Å². The van der Waals surface area contributed by atoms with Crippen LogP contribution in [-0.4, -0.2) is 19.3 Å². The molecule has 0 aromatic heterocycles. The largest absolute Gasteiger partial charge is 0.378 e.